The largest absolute Gasteiger partial charge is 0.494 e. The third kappa shape index (κ3) is 3.71. The van der Waals surface area contributed by atoms with E-state index in [-0.39, 0.29) is 5.82 Å². The fraction of sp³-hybridized carbons (Fsp3) is 0.400. The van der Waals surface area contributed by atoms with Crippen molar-refractivity contribution < 1.29 is 23.2 Å². The Morgan fingerprint density at radius 1 is 0.923 bits per heavy atom. The van der Waals surface area contributed by atoms with Crippen LogP contribution in [-0.2, 0) is 15.9 Å². The summed E-state index contributed by atoms with van der Waals surface area (Å²) < 4.78 is 36.4. The quantitative estimate of drug-likeness (QED) is 0.764. The van der Waals surface area contributed by atoms with Crippen LogP contribution in [0.25, 0.3) is 0 Å². The van der Waals surface area contributed by atoms with Gasteiger partial charge in [0.2, 0.25) is 0 Å². The molecule has 2 aromatic carbocycles. The Kier molecular flexibility index (Phi) is 4.99. The molecule has 1 saturated heterocycles. The number of methoxy groups -OCH3 is 1. The first-order chi connectivity index (χ1) is 12.2. The molecule has 0 unspecified atom stereocenters. The zero-order valence-corrected chi connectivity index (χ0v) is 15.8. The topological polar surface area (TPSA) is 36.9 Å². The molecule has 0 amide bonds. The average molecular weight is 358 g/mol. The molecule has 1 aliphatic rings. The van der Waals surface area contributed by atoms with E-state index in [1.54, 1.807) is 19.2 Å². The summed E-state index contributed by atoms with van der Waals surface area (Å²) in [5, 5.41) is 0. The average Bonchev–Trinajstić information content (AvgIpc) is 2.82. The fourth-order valence-corrected chi connectivity index (χ4v) is 2.67. The minimum absolute atomic E-state index is 0.266. The second-order valence-electron chi connectivity index (χ2n) is 7.41. The molecule has 0 saturated carbocycles. The van der Waals surface area contributed by atoms with Gasteiger partial charge in [0.05, 0.1) is 18.3 Å². The van der Waals surface area contributed by atoms with Crippen LogP contribution in [0.15, 0.2) is 42.5 Å². The molecular weight excluding hydrogens is 334 g/mol. The number of hydrogen-bond donors (Lipinski definition) is 0. The van der Waals surface area contributed by atoms with Crippen molar-refractivity contribution >= 4 is 12.6 Å². The number of ether oxygens (including phenoxy) is 2. The number of benzene rings is 2. The maximum atomic E-state index is 13.0. The molecule has 0 N–H and O–H groups in total. The minimum Gasteiger partial charge on any atom is -0.493 e. The predicted octanol–water partition coefficient (Wildman–Crippen LogP) is 3.71. The number of hydrogen-bond acceptors (Lipinski definition) is 4. The van der Waals surface area contributed by atoms with E-state index in [1.807, 2.05) is 45.9 Å². The van der Waals surface area contributed by atoms with Crippen molar-refractivity contribution in [1.29, 1.82) is 0 Å². The van der Waals surface area contributed by atoms with Crippen molar-refractivity contribution in [1.82, 2.24) is 0 Å². The smallest absolute Gasteiger partial charge is 0.493 e. The lowest BCUT2D eigenvalue weighted by atomic mass is 9.79. The van der Waals surface area contributed by atoms with Crippen molar-refractivity contribution in [2.45, 2.75) is 45.5 Å². The third-order valence-electron chi connectivity index (χ3n) is 5.02. The van der Waals surface area contributed by atoms with Crippen LogP contribution in [0, 0.1) is 5.82 Å². The minimum atomic E-state index is -0.458. The van der Waals surface area contributed by atoms with Crippen LogP contribution in [0.4, 0.5) is 4.39 Å². The van der Waals surface area contributed by atoms with E-state index in [2.05, 4.69) is 0 Å². The van der Waals surface area contributed by atoms with E-state index in [1.165, 1.54) is 12.1 Å². The van der Waals surface area contributed by atoms with E-state index >= 15 is 0 Å². The van der Waals surface area contributed by atoms with Gasteiger partial charge in [-0.2, -0.15) is 0 Å². The summed E-state index contributed by atoms with van der Waals surface area (Å²) in [6.07, 6.45) is 0. The van der Waals surface area contributed by atoms with Crippen LogP contribution >= 0.6 is 0 Å². The molecule has 1 heterocycles. The van der Waals surface area contributed by atoms with Gasteiger partial charge in [-0.15, -0.1) is 0 Å². The van der Waals surface area contributed by atoms with Crippen LogP contribution in [0.1, 0.15) is 33.3 Å². The van der Waals surface area contributed by atoms with Gasteiger partial charge >= 0.3 is 7.12 Å². The summed E-state index contributed by atoms with van der Waals surface area (Å²) in [5.74, 6) is 0.939. The van der Waals surface area contributed by atoms with Gasteiger partial charge in [0.25, 0.3) is 0 Å². The highest BCUT2D eigenvalue weighted by molar-refractivity contribution is 6.62. The van der Waals surface area contributed by atoms with Gasteiger partial charge in [-0.25, -0.2) is 4.39 Å². The zero-order chi connectivity index (χ0) is 18.9. The summed E-state index contributed by atoms with van der Waals surface area (Å²) >= 11 is 0. The molecular formula is C20H24BFO4. The van der Waals surface area contributed by atoms with Gasteiger partial charge in [0.1, 0.15) is 12.4 Å². The van der Waals surface area contributed by atoms with Gasteiger partial charge in [-0.1, -0.05) is 18.2 Å². The molecule has 4 nitrogen and oxygen atoms in total. The molecule has 1 fully saturated rings. The Balaban J connectivity index is 1.75. The Morgan fingerprint density at radius 2 is 1.54 bits per heavy atom. The zero-order valence-electron chi connectivity index (χ0n) is 15.8. The van der Waals surface area contributed by atoms with E-state index in [4.69, 9.17) is 18.8 Å². The van der Waals surface area contributed by atoms with E-state index in [0.29, 0.717) is 18.1 Å². The molecule has 26 heavy (non-hydrogen) atoms. The molecule has 0 atom stereocenters. The van der Waals surface area contributed by atoms with Gasteiger partial charge in [0, 0.05) is 0 Å². The van der Waals surface area contributed by atoms with Crippen molar-refractivity contribution in [3.8, 4) is 11.5 Å². The Hall–Kier alpha value is -2.05. The number of rotatable bonds is 5. The summed E-state index contributed by atoms with van der Waals surface area (Å²) in [6, 6.07) is 11.8. The standard InChI is InChI=1S/C20H24BFO4/c1-19(2)20(3,4)26-21(25-19)15-8-11-17(18(12-15)23-5)24-13-14-6-9-16(22)10-7-14/h6-12H,13H2,1-5H3. The van der Waals surface area contributed by atoms with Crippen LogP contribution in [0.5, 0.6) is 11.5 Å². The third-order valence-corrected chi connectivity index (χ3v) is 5.02. The second kappa shape index (κ2) is 6.93. The van der Waals surface area contributed by atoms with Gasteiger partial charge in [-0.05, 0) is 63.0 Å². The number of halogens is 1. The van der Waals surface area contributed by atoms with Gasteiger partial charge < -0.3 is 18.8 Å². The maximum absolute atomic E-state index is 13.0. The summed E-state index contributed by atoms with van der Waals surface area (Å²) in [5.41, 5.74) is 0.948. The van der Waals surface area contributed by atoms with E-state index in [0.717, 1.165) is 11.0 Å². The fourth-order valence-electron chi connectivity index (χ4n) is 2.67. The molecule has 0 bridgehead atoms. The monoisotopic (exact) mass is 358 g/mol. The Morgan fingerprint density at radius 3 is 2.12 bits per heavy atom. The normalized spacial score (nSPS) is 18.0. The van der Waals surface area contributed by atoms with Crippen LogP contribution in [0.3, 0.4) is 0 Å². The first-order valence-corrected chi connectivity index (χ1v) is 8.63. The summed E-state index contributed by atoms with van der Waals surface area (Å²) in [4.78, 5) is 0. The molecule has 0 radical (unpaired) electrons. The molecule has 0 aliphatic carbocycles. The highest BCUT2D eigenvalue weighted by atomic mass is 19.1. The molecule has 0 spiro atoms. The van der Waals surface area contributed by atoms with Crippen molar-refractivity contribution in [2.24, 2.45) is 0 Å². The molecule has 0 aromatic heterocycles. The summed E-state index contributed by atoms with van der Waals surface area (Å²) in [6.45, 7) is 8.40. The SMILES string of the molecule is COc1cc(B2OC(C)(C)C(C)(C)O2)ccc1OCc1ccc(F)cc1. The summed E-state index contributed by atoms with van der Waals surface area (Å²) in [7, 11) is 1.13. The van der Waals surface area contributed by atoms with Crippen LogP contribution in [0.2, 0.25) is 0 Å². The first kappa shape index (κ1) is 18.7. The lowest BCUT2D eigenvalue weighted by Gasteiger charge is -2.32. The molecule has 6 heteroatoms. The second-order valence-corrected chi connectivity index (χ2v) is 7.41. The lowest BCUT2D eigenvalue weighted by Crippen LogP contribution is -2.41. The van der Waals surface area contributed by atoms with Crippen LogP contribution < -0.4 is 14.9 Å². The van der Waals surface area contributed by atoms with Crippen molar-refractivity contribution in [3.05, 3.63) is 53.8 Å². The molecule has 2 aromatic rings. The van der Waals surface area contributed by atoms with E-state index < -0.39 is 18.3 Å². The Bertz CT molecular complexity index is 758. The van der Waals surface area contributed by atoms with Gasteiger partial charge in [0.15, 0.2) is 11.5 Å². The van der Waals surface area contributed by atoms with E-state index in [9.17, 15) is 4.39 Å². The molecule has 3 rings (SSSR count). The van der Waals surface area contributed by atoms with Crippen molar-refractivity contribution in [2.75, 3.05) is 7.11 Å². The predicted molar refractivity (Wildman–Crippen MR) is 99.4 cm³/mol. The molecule has 138 valence electrons. The highest BCUT2D eigenvalue weighted by Gasteiger charge is 2.51. The van der Waals surface area contributed by atoms with Crippen LogP contribution in [-0.4, -0.2) is 25.4 Å². The lowest BCUT2D eigenvalue weighted by molar-refractivity contribution is 0.00578. The first-order valence-electron chi connectivity index (χ1n) is 8.63. The van der Waals surface area contributed by atoms with Gasteiger partial charge in [-0.3, -0.25) is 0 Å². The highest BCUT2D eigenvalue weighted by Crippen LogP contribution is 2.37. The Labute approximate surface area is 154 Å². The van der Waals surface area contributed by atoms with Crippen molar-refractivity contribution in [3.63, 3.8) is 0 Å². The molecule has 1 aliphatic heterocycles. The maximum Gasteiger partial charge on any atom is 0.494 e.